The molecule has 0 saturated heterocycles. The van der Waals surface area contributed by atoms with E-state index in [-0.39, 0.29) is 28.6 Å². The second-order valence-electron chi connectivity index (χ2n) is 5.29. The Morgan fingerprint density at radius 1 is 1.12 bits per heavy atom. The van der Waals surface area contributed by atoms with Gasteiger partial charge in [0.25, 0.3) is 0 Å². The number of sulfonamides is 1. The summed E-state index contributed by atoms with van der Waals surface area (Å²) in [6, 6.07) is 9.08. The van der Waals surface area contributed by atoms with Crippen LogP contribution in [0.5, 0.6) is 5.75 Å². The number of hydrogen-bond acceptors (Lipinski definition) is 5. The van der Waals surface area contributed by atoms with Crippen molar-refractivity contribution in [2.45, 2.75) is 11.8 Å². The van der Waals surface area contributed by atoms with Gasteiger partial charge in [-0.25, -0.2) is 17.9 Å². The van der Waals surface area contributed by atoms with E-state index in [4.69, 9.17) is 27.9 Å². The van der Waals surface area contributed by atoms with Gasteiger partial charge < -0.3 is 9.47 Å². The molecule has 0 aliphatic heterocycles. The molecule has 0 bridgehead atoms. The minimum Gasteiger partial charge on any atom is -0.492 e. The maximum absolute atomic E-state index is 12.4. The number of esters is 1. The highest BCUT2D eigenvalue weighted by molar-refractivity contribution is 7.89. The summed E-state index contributed by atoms with van der Waals surface area (Å²) in [5, 5.41) is 0.561. The Morgan fingerprint density at radius 3 is 2.50 bits per heavy atom. The molecule has 1 N–H and O–H groups in total. The number of ether oxygens (including phenoxy) is 2. The smallest absolute Gasteiger partial charge is 0.337 e. The largest absolute Gasteiger partial charge is 0.492 e. The molecule has 140 valence electrons. The van der Waals surface area contributed by atoms with Gasteiger partial charge in [-0.2, -0.15) is 0 Å². The Morgan fingerprint density at radius 2 is 1.85 bits per heavy atom. The lowest BCUT2D eigenvalue weighted by Gasteiger charge is -2.11. The SMILES string of the molecule is COC(=O)c1ccc(Cl)c(S(=O)(=O)NCCOc2ccc(C)c(Cl)c2)c1. The van der Waals surface area contributed by atoms with E-state index in [1.165, 1.54) is 19.2 Å². The Labute approximate surface area is 162 Å². The van der Waals surface area contributed by atoms with Gasteiger partial charge in [-0.05, 0) is 42.8 Å². The summed E-state index contributed by atoms with van der Waals surface area (Å²) in [7, 11) is -2.71. The van der Waals surface area contributed by atoms with Gasteiger partial charge in [0.05, 0.1) is 17.7 Å². The molecule has 0 atom stereocenters. The molecule has 6 nitrogen and oxygen atoms in total. The monoisotopic (exact) mass is 417 g/mol. The van der Waals surface area contributed by atoms with E-state index in [1.54, 1.807) is 18.2 Å². The number of rotatable bonds is 7. The van der Waals surface area contributed by atoms with Crippen LogP contribution < -0.4 is 9.46 Å². The number of hydrogen-bond donors (Lipinski definition) is 1. The standard InChI is InChI=1S/C17H17Cl2NO5S/c1-11-3-5-13(10-15(11)19)25-8-7-20-26(22,23)16-9-12(17(21)24-2)4-6-14(16)18/h3-6,9-10,20H,7-8H2,1-2H3. The first-order valence-corrected chi connectivity index (χ1v) is 9.75. The van der Waals surface area contributed by atoms with E-state index < -0.39 is 16.0 Å². The van der Waals surface area contributed by atoms with Crippen LogP contribution in [0, 0.1) is 6.92 Å². The third-order valence-electron chi connectivity index (χ3n) is 3.45. The minimum atomic E-state index is -3.92. The van der Waals surface area contributed by atoms with Crippen LogP contribution in [0.3, 0.4) is 0 Å². The predicted molar refractivity (Wildman–Crippen MR) is 99.7 cm³/mol. The number of aryl methyl sites for hydroxylation is 1. The lowest BCUT2D eigenvalue weighted by Crippen LogP contribution is -2.28. The van der Waals surface area contributed by atoms with Gasteiger partial charge in [0.1, 0.15) is 17.3 Å². The van der Waals surface area contributed by atoms with Crippen molar-refractivity contribution < 1.29 is 22.7 Å². The van der Waals surface area contributed by atoms with E-state index in [0.717, 1.165) is 11.6 Å². The zero-order chi connectivity index (χ0) is 19.3. The maximum atomic E-state index is 12.4. The number of methoxy groups -OCH3 is 1. The summed E-state index contributed by atoms with van der Waals surface area (Å²) in [5.74, 6) is -0.122. The summed E-state index contributed by atoms with van der Waals surface area (Å²) in [5.41, 5.74) is 1.00. The van der Waals surface area contributed by atoms with Gasteiger partial charge in [-0.3, -0.25) is 0 Å². The van der Waals surface area contributed by atoms with Crippen molar-refractivity contribution in [2.75, 3.05) is 20.3 Å². The van der Waals surface area contributed by atoms with Crippen molar-refractivity contribution in [3.63, 3.8) is 0 Å². The molecule has 2 rings (SSSR count). The molecular weight excluding hydrogens is 401 g/mol. The maximum Gasteiger partial charge on any atom is 0.337 e. The molecule has 0 aliphatic carbocycles. The normalized spacial score (nSPS) is 11.2. The molecule has 0 aliphatic rings. The molecule has 0 unspecified atom stereocenters. The molecule has 9 heteroatoms. The number of halogens is 2. The van der Waals surface area contributed by atoms with Crippen LogP contribution in [0.25, 0.3) is 0 Å². The number of carbonyl (C=O) groups is 1. The van der Waals surface area contributed by atoms with Crippen molar-refractivity contribution in [3.05, 3.63) is 57.6 Å². The first-order valence-electron chi connectivity index (χ1n) is 7.51. The highest BCUT2D eigenvalue weighted by Gasteiger charge is 2.20. The molecule has 2 aromatic rings. The molecule has 0 fully saturated rings. The van der Waals surface area contributed by atoms with E-state index in [0.29, 0.717) is 10.8 Å². The summed E-state index contributed by atoms with van der Waals surface area (Å²) in [6.45, 7) is 1.96. The van der Waals surface area contributed by atoms with Gasteiger partial charge in [0.15, 0.2) is 0 Å². The van der Waals surface area contributed by atoms with E-state index in [2.05, 4.69) is 9.46 Å². The molecule has 0 aromatic heterocycles. The van der Waals surface area contributed by atoms with Crippen LogP contribution in [-0.4, -0.2) is 34.6 Å². The van der Waals surface area contributed by atoms with Crippen LogP contribution in [-0.2, 0) is 14.8 Å². The summed E-state index contributed by atoms with van der Waals surface area (Å²) in [6.07, 6.45) is 0. The van der Waals surface area contributed by atoms with Crippen molar-refractivity contribution in [2.24, 2.45) is 0 Å². The summed E-state index contributed by atoms with van der Waals surface area (Å²) in [4.78, 5) is 11.4. The van der Waals surface area contributed by atoms with Crippen molar-refractivity contribution >= 4 is 39.2 Å². The van der Waals surface area contributed by atoms with E-state index >= 15 is 0 Å². The van der Waals surface area contributed by atoms with Crippen molar-refractivity contribution in [1.29, 1.82) is 0 Å². The van der Waals surface area contributed by atoms with Crippen LogP contribution >= 0.6 is 23.2 Å². The number of carbonyl (C=O) groups excluding carboxylic acids is 1. The van der Waals surface area contributed by atoms with Crippen LogP contribution in [0.4, 0.5) is 0 Å². The minimum absolute atomic E-state index is 0.00334. The second kappa shape index (κ2) is 8.73. The average molecular weight is 418 g/mol. The lowest BCUT2D eigenvalue weighted by molar-refractivity contribution is 0.0600. The summed E-state index contributed by atoms with van der Waals surface area (Å²) < 4.78 is 37.2. The van der Waals surface area contributed by atoms with Gasteiger partial charge in [0, 0.05) is 11.6 Å². The van der Waals surface area contributed by atoms with Crippen molar-refractivity contribution in [1.82, 2.24) is 4.72 Å². The zero-order valence-electron chi connectivity index (χ0n) is 14.1. The topological polar surface area (TPSA) is 81.7 Å². The van der Waals surface area contributed by atoms with Gasteiger partial charge in [-0.1, -0.05) is 29.3 Å². The predicted octanol–water partition coefficient (Wildman–Crippen LogP) is 3.45. The molecule has 0 heterocycles. The average Bonchev–Trinajstić information content (AvgIpc) is 2.61. The molecule has 0 amide bonds. The highest BCUT2D eigenvalue weighted by Crippen LogP contribution is 2.23. The molecule has 0 radical (unpaired) electrons. The van der Waals surface area contributed by atoms with Crippen molar-refractivity contribution in [3.8, 4) is 5.75 Å². The van der Waals surface area contributed by atoms with Crippen LogP contribution in [0.15, 0.2) is 41.3 Å². The first-order chi connectivity index (χ1) is 12.2. The Bertz CT molecular complexity index is 915. The van der Waals surface area contributed by atoms with Gasteiger partial charge in [0.2, 0.25) is 10.0 Å². The lowest BCUT2D eigenvalue weighted by atomic mass is 10.2. The Kier molecular flexibility index (Phi) is 6.88. The number of benzene rings is 2. The molecule has 2 aromatic carbocycles. The highest BCUT2D eigenvalue weighted by atomic mass is 35.5. The van der Waals surface area contributed by atoms with E-state index in [1.807, 2.05) is 6.92 Å². The van der Waals surface area contributed by atoms with Gasteiger partial charge >= 0.3 is 5.97 Å². The third kappa shape index (κ3) is 5.11. The fourth-order valence-corrected chi connectivity index (χ4v) is 3.75. The fourth-order valence-electron chi connectivity index (χ4n) is 2.04. The quantitative estimate of drug-likeness (QED) is 0.550. The Balaban J connectivity index is 2.02. The molecule has 26 heavy (non-hydrogen) atoms. The van der Waals surface area contributed by atoms with Crippen LogP contribution in [0.1, 0.15) is 15.9 Å². The zero-order valence-corrected chi connectivity index (χ0v) is 16.4. The molecular formula is C17H17Cl2NO5S. The second-order valence-corrected chi connectivity index (χ2v) is 7.84. The van der Waals surface area contributed by atoms with Crippen LogP contribution in [0.2, 0.25) is 10.0 Å². The third-order valence-corrected chi connectivity index (χ3v) is 5.80. The Hall–Kier alpha value is -1.80. The first kappa shape index (κ1) is 20.5. The molecule has 0 spiro atoms. The summed E-state index contributed by atoms with van der Waals surface area (Å²) >= 11 is 12.0. The van der Waals surface area contributed by atoms with Gasteiger partial charge in [-0.15, -0.1) is 0 Å². The fraction of sp³-hybridized carbons (Fsp3) is 0.235. The number of nitrogens with one attached hydrogen (secondary N) is 1. The molecule has 0 saturated carbocycles. The van der Waals surface area contributed by atoms with E-state index in [9.17, 15) is 13.2 Å².